The minimum Gasteiger partial charge on any atom is -0.790 e. The summed E-state index contributed by atoms with van der Waals surface area (Å²) in [5.41, 5.74) is -0.886. The summed E-state index contributed by atoms with van der Waals surface area (Å²) in [6.45, 7) is 12.2. The summed E-state index contributed by atoms with van der Waals surface area (Å²) in [5.74, 6) is 0. The zero-order chi connectivity index (χ0) is 21.0. The molecule has 0 N–H and O–H groups in total. The number of nitrogens with zero attached hydrogens (tertiary/aromatic N) is 1. The van der Waals surface area contributed by atoms with Crippen molar-refractivity contribution in [2.24, 2.45) is 5.41 Å². The molecule has 0 aromatic rings. The van der Waals surface area contributed by atoms with E-state index in [0.29, 0.717) is 0 Å². The maximum absolute atomic E-state index is 12.1. The van der Waals surface area contributed by atoms with Crippen LogP contribution in [-0.2, 0) is 28.6 Å². The van der Waals surface area contributed by atoms with Gasteiger partial charge in [-0.1, -0.05) is 20.8 Å². The van der Waals surface area contributed by atoms with Gasteiger partial charge in [0.25, 0.3) is 0 Å². The van der Waals surface area contributed by atoms with Gasteiger partial charge in [-0.2, -0.15) is 4.31 Å². The van der Waals surface area contributed by atoms with Crippen LogP contribution in [0.5, 0.6) is 0 Å². The predicted octanol–water partition coefficient (Wildman–Crippen LogP) is -5.31. The monoisotopic (exact) mass is 495 g/mol. The van der Waals surface area contributed by atoms with Crippen LogP contribution in [0.4, 0.5) is 0 Å². The molecule has 0 unspecified atom stereocenters. The fourth-order valence-electron chi connectivity index (χ4n) is 2.00. The normalized spacial score (nSPS) is 15.5. The second-order valence-corrected chi connectivity index (χ2v) is 11.4. The summed E-state index contributed by atoms with van der Waals surface area (Å²) < 4.78 is 51.1. The van der Waals surface area contributed by atoms with E-state index in [4.69, 9.17) is 9.47 Å². The molecule has 0 aliphatic rings. The van der Waals surface area contributed by atoms with Crippen LogP contribution >= 0.6 is 7.82 Å². The van der Waals surface area contributed by atoms with Crippen molar-refractivity contribution in [3.8, 4) is 0 Å². The van der Waals surface area contributed by atoms with E-state index < -0.39 is 36.3 Å². The Morgan fingerprint density at radius 2 is 1.54 bits per heavy atom. The molecule has 0 saturated heterocycles. The Labute approximate surface area is 255 Å². The second kappa shape index (κ2) is 14.5. The van der Waals surface area contributed by atoms with Gasteiger partial charge in [0.1, 0.15) is 0 Å². The van der Waals surface area contributed by atoms with Crippen LogP contribution in [-0.4, -0.2) is 56.7 Å². The summed E-state index contributed by atoms with van der Waals surface area (Å²) in [6, 6.07) is 0. The number of ether oxygens (including phenoxy) is 2. The molecule has 0 rings (SSSR count). The first-order chi connectivity index (χ1) is 11.3. The topological polar surface area (TPSA) is 128 Å². The molecule has 0 bridgehead atoms. The molecule has 0 spiro atoms. The standard InChI is InChI=1S/C15H34NO8PS.2K/c1-12(14(2,3)4)24-13(10-22-11-23-25(17,18)19)9-16(15(5,6)7)26(8,20)21;;/h12-13H,9-11H2,1-8H3,(H2,17,18,19);;/q;2*+1/p-2/t12-,13-;;/m0../s1. The van der Waals surface area contributed by atoms with Crippen LogP contribution in [0.3, 0.4) is 0 Å². The minimum atomic E-state index is -5.13. The Balaban J connectivity index is -0.00000312. The first kappa shape index (κ1) is 35.8. The second-order valence-electron chi connectivity index (χ2n) is 8.30. The smallest absolute Gasteiger partial charge is 0.790 e. The molecule has 0 radical (unpaired) electrons. The minimum absolute atomic E-state index is 0. The Hall–Kier alpha value is 3.21. The van der Waals surface area contributed by atoms with Crippen molar-refractivity contribution in [1.29, 1.82) is 0 Å². The number of hydrogen-bond acceptors (Lipinski definition) is 8. The van der Waals surface area contributed by atoms with Gasteiger partial charge in [-0.25, -0.2) is 8.42 Å². The van der Waals surface area contributed by atoms with Gasteiger partial charge in [0, 0.05) is 12.1 Å². The number of sulfonamides is 1. The molecular weight excluding hydrogens is 463 g/mol. The van der Waals surface area contributed by atoms with Gasteiger partial charge in [-0.15, -0.1) is 0 Å². The van der Waals surface area contributed by atoms with Crippen LogP contribution in [0.1, 0.15) is 48.5 Å². The molecule has 0 aliphatic heterocycles. The van der Waals surface area contributed by atoms with Crippen LogP contribution in [0, 0.1) is 5.41 Å². The molecule has 0 heterocycles. The molecule has 0 saturated carbocycles. The van der Waals surface area contributed by atoms with E-state index in [1.54, 1.807) is 20.8 Å². The third-order valence-corrected chi connectivity index (χ3v) is 5.65. The van der Waals surface area contributed by atoms with E-state index in [9.17, 15) is 22.8 Å². The van der Waals surface area contributed by atoms with Crippen molar-refractivity contribution >= 4 is 17.8 Å². The van der Waals surface area contributed by atoms with Crippen molar-refractivity contribution in [1.82, 2.24) is 4.31 Å². The van der Waals surface area contributed by atoms with Gasteiger partial charge >= 0.3 is 103 Å². The maximum atomic E-state index is 12.1. The Kier molecular flexibility index (Phi) is 18.5. The molecule has 0 aromatic heterocycles. The zero-order valence-corrected chi connectivity index (χ0v) is 26.8. The van der Waals surface area contributed by atoms with Gasteiger partial charge in [0.05, 0.1) is 32.9 Å². The van der Waals surface area contributed by atoms with Crippen molar-refractivity contribution in [2.75, 3.05) is 26.2 Å². The van der Waals surface area contributed by atoms with E-state index >= 15 is 0 Å². The average Bonchev–Trinajstić information content (AvgIpc) is 2.35. The third kappa shape index (κ3) is 16.8. The molecule has 0 fully saturated rings. The van der Waals surface area contributed by atoms with Gasteiger partial charge in [0.15, 0.2) is 6.79 Å². The van der Waals surface area contributed by atoms with E-state index in [1.165, 1.54) is 4.31 Å². The molecule has 2 atom stereocenters. The first-order valence-electron chi connectivity index (χ1n) is 8.21. The van der Waals surface area contributed by atoms with Crippen LogP contribution in [0.2, 0.25) is 0 Å². The van der Waals surface area contributed by atoms with Crippen LogP contribution in [0.25, 0.3) is 0 Å². The van der Waals surface area contributed by atoms with E-state index in [0.717, 1.165) is 6.26 Å². The summed E-state index contributed by atoms with van der Waals surface area (Å²) in [4.78, 5) is 21.0. The first-order valence-corrected chi connectivity index (χ1v) is 11.5. The van der Waals surface area contributed by atoms with E-state index in [2.05, 4.69) is 4.52 Å². The third-order valence-electron chi connectivity index (χ3n) is 3.73. The zero-order valence-electron chi connectivity index (χ0n) is 18.8. The van der Waals surface area contributed by atoms with Crippen molar-refractivity contribution < 1.29 is 140 Å². The van der Waals surface area contributed by atoms with Crippen LogP contribution < -0.4 is 113 Å². The Morgan fingerprint density at radius 1 is 1.07 bits per heavy atom. The van der Waals surface area contributed by atoms with Gasteiger partial charge in [-0.05, 0) is 33.1 Å². The molecule has 13 heteroatoms. The summed E-state index contributed by atoms with van der Waals surface area (Å²) in [5, 5.41) is 0. The maximum Gasteiger partial charge on any atom is 1.00 e. The molecule has 0 aliphatic carbocycles. The molecule has 0 amide bonds. The molecule has 158 valence electrons. The SMILES string of the molecule is C[C@H](O[C@H](COCOP(=O)([O-])[O-])CN(C(C)(C)C)S(C)(=O)=O)C(C)(C)C.[K+].[K+]. The summed E-state index contributed by atoms with van der Waals surface area (Å²) in [7, 11) is -8.65. The molecule has 9 nitrogen and oxygen atoms in total. The van der Waals surface area contributed by atoms with Crippen molar-refractivity contribution in [3.05, 3.63) is 0 Å². The number of rotatable bonds is 10. The Bertz CT molecular complexity index is 586. The van der Waals surface area contributed by atoms with Gasteiger partial charge in [0.2, 0.25) is 10.0 Å². The fraction of sp³-hybridized carbons (Fsp3) is 1.00. The Morgan fingerprint density at radius 3 is 1.86 bits per heavy atom. The van der Waals surface area contributed by atoms with Crippen LogP contribution in [0.15, 0.2) is 0 Å². The van der Waals surface area contributed by atoms with Crippen molar-refractivity contribution in [3.63, 3.8) is 0 Å². The largest absolute Gasteiger partial charge is 1.00 e. The summed E-state index contributed by atoms with van der Waals surface area (Å²) >= 11 is 0. The molecular formula is C15H32K2NO8PS. The quantitative estimate of drug-likeness (QED) is 0.127. The van der Waals surface area contributed by atoms with Gasteiger partial charge in [-0.3, -0.25) is 0 Å². The number of phosphoric acid groups is 1. The molecule has 0 aromatic carbocycles. The predicted molar refractivity (Wildman–Crippen MR) is 94.6 cm³/mol. The van der Waals surface area contributed by atoms with E-state index in [1.807, 2.05) is 27.7 Å². The summed E-state index contributed by atoms with van der Waals surface area (Å²) in [6.07, 6.45) is 0.195. The molecule has 28 heavy (non-hydrogen) atoms. The fourth-order valence-corrected chi connectivity index (χ4v) is 3.64. The average molecular weight is 496 g/mol. The van der Waals surface area contributed by atoms with Crippen molar-refractivity contribution in [2.45, 2.75) is 66.2 Å². The number of hydrogen-bond donors (Lipinski definition) is 0. The van der Waals surface area contributed by atoms with E-state index in [-0.39, 0.29) is 127 Å². The number of phosphoric ester groups is 1. The van der Waals surface area contributed by atoms with Gasteiger partial charge < -0.3 is 28.3 Å².